The first-order chi connectivity index (χ1) is 16.7. The average Bonchev–Trinajstić information content (AvgIpc) is 3.46. The van der Waals surface area contributed by atoms with Crippen molar-refractivity contribution in [2.45, 2.75) is 27.9 Å². The van der Waals surface area contributed by atoms with Gasteiger partial charge in [0.15, 0.2) is 0 Å². The number of hydrogen-bond acceptors (Lipinski definition) is 4. The Morgan fingerprint density at radius 2 is 0.944 bits per heavy atom. The predicted octanol–water partition coefficient (Wildman–Crippen LogP) is 7.28. The summed E-state index contributed by atoms with van der Waals surface area (Å²) in [5.74, 6) is 0. The van der Waals surface area contributed by atoms with E-state index in [1.54, 1.807) is 0 Å². The lowest BCUT2D eigenvalue weighted by atomic mass is 9.86. The summed E-state index contributed by atoms with van der Waals surface area (Å²) in [5.41, 5.74) is 5.46. The van der Waals surface area contributed by atoms with Crippen LogP contribution in [-0.2, 0) is 13.1 Å². The van der Waals surface area contributed by atoms with E-state index in [1.807, 2.05) is 0 Å². The van der Waals surface area contributed by atoms with Gasteiger partial charge in [-0.1, -0.05) is 87.6 Å². The van der Waals surface area contributed by atoms with Gasteiger partial charge in [-0.15, -0.1) is 0 Å². The van der Waals surface area contributed by atoms with Crippen LogP contribution in [0.5, 0.6) is 0 Å². The average molecular weight is 479 g/mol. The molecule has 2 aliphatic rings. The van der Waals surface area contributed by atoms with Crippen LogP contribution in [0.2, 0.25) is 0 Å². The van der Waals surface area contributed by atoms with Crippen LogP contribution in [0.3, 0.4) is 0 Å². The SMILES string of the molecule is C.C.CN1C=CN(Cc2ccc3ccccc3c2-c2c(CN3C=CN(C)C3)ccc3ccccc23)C1. The van der Waals surface area contributed by atoms with Crippen molar-refractivity contribution in [3.05, 3.63) is 109 Å². The lowest BCUT2D eigenvalue weighted by Gasteiger charge is -2.25. The molecule has 4 aromatic carbocycles. The summed E-state index contributed by atoms with van der Waals surface area (Å²) in [6, 6.07) is 26.9. The van der Waals surface area contributed by atoms with E-state index in [4.69, 9.17) is 0 Å². The molecule has 0 saturated carbocycles. The van der Waals surface area contributed by atoms with Crippen LogP contribution in [-0.4, -0.2) is 47.0 Å². The standard InChI is InChI=1S/C30H30N4.2CH4/c1-31-15-17-33(21-31)19-25-13-11-23-7-3-5-9-27(23)29(25)30-26(20-34-18-16-32(2)22-34)14-12-24-8-4-6-10-28(24)30;;/h3-18H,19-22H2,1-2H3;2*1H4. The van der Waals surface area contributed by atoms with Crippen LogP contribution in [0.4, 0.5) is 0 Å². The molecule has 0 spiro atoms. The minimum Gasteiger partial charge on any atom is -0.362 e. The zero-order chi connectivity index (χ0) is 23.1. The Balaban J connectivity index is 0.00000152. The molecular formula is C32H38N4. The molecule has 4 heteroatoms. The minimum atomic E-state index is 0. The summed E-state index contributed by atoms with van der Waals surface area (Å²) in [6.07, 6.45) is 8.71. The molecule has 2 heterocycles. The zero-order valence-electron chi connectivity index (χ0n) is 19.9. The lowest BCUT2D eigenvalue weighted by molar-refractivity contribution is 0.290. The monoisotopic (exact) mass is 478 g/mol. The topological polar surface area (TPSA) is 13.0 Å². The highest BCUT2D eigenvalue weighted by Gasteiger charge is 2.20. The van der Waals surface area contributed by atoms with Gasteiger partial charge in [-0.25, -0.2) is 0 Å². The van der Waals surface area contributed by atoms with Gasteiger partial charge in [0, 0.05) is 52.0 Å². The lowest BCUT2D eigenvalue weighted by Crippen LogP contribution is -2.23. The van der Waals surface area contributed by atoms with Gasteiger partial charge in [0.05, 0.1) is 13.3 Å². The van der Waals surface area contributed by atoms with Gasteiger partial charge in [-0.3, -0.25) is 0 Å². The number of nitrogens with zero attached hydrogens (tertiary/aromatic N) is 4. The molecule has 0 aromatic heterocycles. The van der Waals surface area contributed by atoms with Crippen molar-refractivity contribution in [3.8, 4) is 11.1 Å². The maximum atomic E-state index is 2.39. The highest BCUT2D eigenvalue weighted by atomic mass is 15.3. The van der Waals surface area contributed by atoms with Crippen molar-refractivity contribution in [3.63, 3.8) is 0 Å². The Labute approximate surface area is 216 Å². The van der Waals surface area contributed by atoms with Crippen LogP contribution in [0.15, 0.2) is 97.6 Å². The van der Waals surface area contributed by atoms with E-state index in [0.29, 0.717) is 0 Å². The Kier molecular flexibility index (Phi) is 7.25. The van der Waals surface area contributed by atoms with Crippen molar-refractivity contribution in [2.24, 2.45) is 0 Å². The van der Waals surface area contributed by atoms with Crippen molar-refractivity contribution >= 4 is 21.5 Å². The van der Waals surface area contributed by atoms with Crippen molar-refractivity contribution in [2.75, 3.05) is 27.4 Å². The Bertz CT molecular complexity index is 1310. The maximum Gasteiger partial charge on any atom is 0.0894 e. The van der Waals surface area contributed by atoms with Crippen molar-refractivity contribution < 1.29 is 0 Å². The van der Waals surface area contributed by atoms with Crippen LogP contribution in [0.25, 0.3) is 32.7 Å². The van der Waals surface area contributed by atoms with Gasteiger partial charge in [0.1, 0.15) is 0 Å². The number of rotatable bonds is 5. The second-order valence-corrected chi connectivity index (χ2v) is 9.53. The molecule has 0 amide bonds. The minimum absolute atomic E-state index is 0. The van der Waals surface area contributed by atoms with Gasteiger partial charge in [0.25, 0.3) is 0 Å². The van der Waals surface area contributed by atoms with E-state index < -0.39 is 0 Å². The fraction of sp³-hybridized carbons (Fsp3) is 0.250. The first-order valence-corrected chi connectivity index (χ1v) is 11.9. The van der Waals surface area contributed by atoms with E-state index >= 15 is 0 Å². The third-order valence-corrected chi connectivity index (χ3v) is 6.90. The zero-order valence-corrected chi connectivity index (χ0v) is 19.9. The predicted molar refractivity (Wildman–Crippen MR) is 155 cm³/mol. The van der Waals surface area contributed by atoms with Gasteiger partial charge >= 0.3 is 0 Å². The molecule has 0 N–H and O–H groups in total. The first kappa shape index (κ1) is 25.2. The molecule has 36 heavy (non-hydrogen) atoms. The second-order valence-electron chi connectivity index (χ2n) is 9.53. The molecule has 0 unspecified atom stereocenters. The first-order valence-electron chi connectivity index (χ1n) is 11.9. The van der Waals surface area contributed by atoms with Crippen molar-refractivity contribution in [1.29, 1.82) is 0 Å². The molecule has 4 nitrogen and oxygen atoms in total. The summed E-state index contributed by atoms with van der Waals surface area (Å²) in [7, 11) is 4.25. The van der Waals surface area contributed by atoms with Gasteiger partial charge in [-0.05, 0) is 43.8 Å². The Morgan fingerprint density at radius 3 is 1.33 bits per heavy atom. The molecule has 0 saturated heterocycles. The summed E-state index contributed by atoms with van der Waals surface area (Å²) < 4.78 is 0. The molecule has 186 valence electrons. The molecule has 0 aliphatic carbocycles. The van der Waals surface area contributed by atoms with Gasteiger partial charge in [0.2, 0.25) is 0 Å². The molecule has 0 fully saturated rings. The summed E-state index contributed by atoms with van der Waals surface area (Å²) >= 11 is 0. The molecule has 4 aromatic rings. The molecule has 0 bridgehead atoms. The van der Waals surface area contributed by atoms with Gasteiger partial charge < -0.3 is 19.6 Å². The number of hydrogen-bond donors (Lipinski definition) is 0. The van der Waals surface area contributed by atoms with Crippen LogP contribution in [0, 0.1) is 0 Å². The largest absolute Gasteiger partial charge is 0.362 e. The quantitative estimate of drug-likeness (QED) is 0.299. The van der Waals surface area contributed by atoms with E-state index in [-0.39, 0.29) is 14.9 Å². The van der Waals surface area contributed by atoms with Crippen LogP contribution in [0.1, 0.15) is 26.0 Å². The van der Waals surface area contributed by atoms with Crippen molar-refractivity contribution in [1.82, 2.24) is 19.6 Å². The number of fused-ring (bicyclic) bond motifs is 2. The fourth-order valence-electron chi connectivity index (χ4n) is 5.31. The molecule has 0 atom stereocenters. The van der Waals surface area contributed by atoms with E-state index in [0.717, 1.165) is 26.4 Å². The Morgan fingerprint density at radius 1 is 0.528 bits per heavy atom. The smallest absolute Gasteiger partial charge is 0.0894 e. The van der Waals surface area contributed by atoms with Gasteiger partial charge in [-0.2, -0.15) is 0 Å². The third kappa shape index (κ3) is 4.64. The normalized spacial score (nSPS) is 14.6. The molecular weight excluding hydrogens is 440 g/mol. The van der Waals surface area contributed by atoms with E-state index in [1.165, 1.54) is 43.8 Å². The summed E-state index contributed by atoms with van der Waals surface area (Å²) in [5, 5.41) is 5.22. The fourth-order valence-corrected chi connectivity index (χ4v) is 5.31. The molecule has 6 rings (SSSR count). The van der Waals surface area contributed by atoms with Crippen LogP contribution < -0.4 is 0 Å². The van der Waals surface area contributed by atoms with E-state index in [2.05, 4.69) is 131 Å². The highest BCUT2D eigenvalue weighted by Crippen LogP contribution is 2.40. The third-order valence-electron chi connectivity index (χ3n) is 6.90. The second kappa shape index (κ2) is 10.4. The maximum absolute atomic E-state index is 2.39. The van der Waals surface area contributed by atoms with E-state index in [9.17, 15) is 0 Å². The highest BCUT2D eigenvalue weighted by molar-refractivity contribution is 6.07. The summed E-state index contributed by atoms with van der Waals surface area (Å²) in [4.78, 5) is 9.22. The van der Waals surface area contributed by atoms with Crippen LogP contribution >= 0.6 is 0 Å². The molecule has 2 aliphatic heterocycles. The Hall–Kier alpha value is -3.92. The summed E-state index contributed by atoms with van der Waals surface area (Å²) in [6.45, 7) is 3.60. The molecule has 0 radical (unpaired) electrons. The number of benzene rings is 4.